The minimum atomic E-state index is -4.97. The number of nitrogens with zero attached hydrogens (tertiary/aromatic N) is 2. The van der Waals surface area contributed by atoms with Crippen LogP contribution in [0.5, 0.6) is 0 Å². The molecule has 0 fully saturated rings. The van der Waals surface area contributed by atoms with Crippen LogP contribution in [0.1, 0.15) is 23.2 Å². The molecule has 1 aromatic heterocycles. The van der Waals surface area contributed by atoms with Crippen molar-refractivity contribution in [3.05, 3.63) is 27.5 Å². The Labute approximate surface area is 94.8 Å². The fourth-order valence-electron chi connectivity index (χ4n) is 1.09. The quantitative estimate of drug-likeness (QED) is 0.742. The van der Waals surface area contributed by atoms with E-state index in [2.05, 4.69) is 20.9 Å². The molecular formula is C8H2BrF5N2. The minimum absolute atomic E-state index is 0.616. The van der Waals surface area contributed by atoms with Crippen molar-refractivity contribution in [1.82, 2.24) is 4.98 Å². The summed E-state index contributed by atoms with van der Waals surface area (Å²) in [5.74, 6) is 0. The van der Waals surface area contributed by atoms with E-state index in [1.807, 2.05) is 0 Å². The fourth-order valence-corrected chi connectivity index (χ4v) is 1.63. The Morgan fingerprint density at radius 1 is 1.38 bits per heavy atom. The molecule has 16 heavy (non-hydrogen) atoms. The lowest BCUT2D eigenvalue weighted by Gasteiger charge is -2.14. The van der Waals surface area contributed by atoms with E-state index >= 15 is 0 Å². The van der Waals surface area contributed by atoms with Crippen molar-refractivity contribution < 1.29 is 22.0 Å². The first-order valence-electron chi connectivity index (χ1n) is 3.73. The SMILES string of the molecule is N#Cc1ncc(Br)c(C(F)(F)F)c1C(F)F. The molecule has 0 unspecified atom stereocenters. The highest BCUT2D eigenvalue weighted by atomic mass is 79.9. The molecule has 0 atom stereocenters. The van der Waals surface area contributed by atoms with Gasteiger partial charge >= 0.3 is 6.18 Å². The van der Waals surface area contributed by atoms with Gasteiger partial charge in [0.15, 0.2) is 0 Å². The average molecular weight is 301 g/mol. The summed E-state index contributed by atoms with van der Waals surface area (Å²) in [5, 5.41) is 8.42. The third-order valence-corrected chi connectivity index (χ3v) is 2.28. The zero-order valence-corrected chi connectivity index (χ0v) is 8.90. The van der Waals surface area contributed by atoms with Gasteiger partial charge in [-0.25, -0.2) is 13.8 Å². The monoisotopic (exact) mass is 300 g/mol. The van der Waals surface area contributed by atoms with E-state index in [9.17, 15) is 22.0 Å². The first-order chi connectivity index (χ1) is 7.29. The summed E-state index contributed by atoms with van der Waals surface area (Å²) in [6.45, 7) is 0. The van der Waals surface area contributed by atoms with Crippen LogP contribution in [0.2, 0.25) is 0 Å². The smallest absolute Gasteiger partial charge is 0.244 e. The highest BCUT2D eigenvalue weighted by Gasteiger charge is 2.40. The van der Waals surface area contributed by atoms with E-state index < -0.39 is 33.9 Å². The molecule has 1 rings (SSSR count). The summed E-state index contributed by atoms with van der Waals surface area (Å²) in [7, 11) is 0. The standard InChI is InChI=1S/C8H2BrF5N2/c9-3-2-16-4(1-15)5(7(10)11)6(3)8(12,13)14/h2,7H. The molecular weight excluding hydrogens is 299 g/mol. The zero-order chi connectivity index (χ0) is 12.5. The second-order valence-electron chi connectivity index (χ2n) is 2.65. The number of nitriles is 1. The molecule has 1 aromatic rings. The molecule has 0 saturated carbocycles. The van der Waals surface area contributed by atoms with Crippen molar-refractivity contribution in [2.45, 2.75) is 12.6 Å². The van der Waals surface area contributed by atoms with E-state index in [4.69, 9.17) is 5.26 Å². The largest absolute Gasteiger partial charge is 0.418 e. The number of rotatable bonds is 1. The van der Waals surface area contributed by atoms with Crippen LogP contribution in [0.3, 0.4) is 0 Å². The summed E-state index contributed by atoms with van der Waals surface area (Å²) in [6.07, 6.45) is -7.72. The van der Waals surface area contributed by atoms with E-state index in [1.54, 1.807) is 0 Å². The first kappa shape index (κ1) is 12.8. The fraction of sp³-hybridized carbons (Fsp3) is 0.250. The van der Waals surface area contributed by atoms with Gasteiger partial charge in [-0.3, -0.25) is 0 Å². The van der Waals surface area contributed by atoms with Crippen LogP contribution in [0.4, 0.5) is 22.0 Å². The van der Waals surface area contributed by atoms with Gasteiger partial charge in [0.05, 0.1) is 11.1 Å². The Balaban J connectivity index is 3.63. The zero-order valence-electron chi connectivity index (χ0n) is 7.32. The van der Waals surface area contributed by atoms with Gasteiger partial charge in [-0.05, 0) is 15.9 Å². The third kappa shape index (κ3) is 2.29. The van der Waals surface area contributed by atoms with Gasteiger partial charge in [0, 0.05) is 10.7 Å². The Kier molecular flexibility index (Phi) is 3.48. The molecule has 1 heterocycles. The van der Waals surface area contributed by atoms with E-state index in [0.717, 1.165) is 0 Å². The molecule has 0 aromatic carbocycles. The van der Waals surface area contributed by atoms with Crippen molar-refractivity contribution in [3.8, 4) is 6.07 Å². The molecule has 0 aliphatic rings. The topological polar surface area (TPSA) is 36.7 Å². The molecule has 0 radical (unpaired) electrons. The van der Waals surface area contributed by atoms with Crippen LogP contribution in [0.15, 0.2) is 10.7 Å². The lowest BCUT2D eigenvalue weighted by molar-refractivity contribution is -0.140. The maximum Gasteiger partial charge on any atom is 0.418 e. The van der Waals surface area contributed by atoms with Crippen molar-refractivity contribution in [1.29, 1.82) is 5.26 Å². The second kappa shape index (κ2) is 4.33. The molecule has 0 aliphatic heterocycles. The Bertz CT molecular complexity index is 449. The number of alkyl halides is 5. The summed E-state index contributed by atoms with van der Waals surface area (Å²) in [4.78, 5) is 3.20. The molecule has 0 N–H and O–H groups in total. The van der Waals surface area contributed by atoms with Gasteiger partial charge in [0.1, 0.15) is 11.8 Å². The predicted molar refractivity (Wildman–Crippen MR) is 46.6 cm³/mol. The molecule has 0 bridgehead atoms. The van der Waals surface area contributed by atoms with E-state index in [1.165, 1.54) is 6.07 Å². The van der Waals surface area contributed by atoms with Crippen molar-refractivity contribution in [2.75, 3.05) is 0 Å². The lowest BCUT2D eigenvalue weighted by atomic mass is 10.1. The first-order valence-corrected chi connectivity index (χ1v) is 4.52. The molecule has 86 valence electrons. The van der Waals surface area contributed by atoms with Crippen molar-refractivity contribution >= 4 is 15.9 Å². The number of aromatic nitrogens is 1. The Morgan fingerprint density at radius 2 is 1.94 bits per heavy atom. The van der Waals surface area contributed by atoms with Crippen LogP contribution in [-0.4, -0.2) is 4.98 Å². The average Bonchev–Trinajstić information content (AvgIpc) is 2.15. The number of pyridine rings is 1. The molecule has 8 heteroatoms. The highest BCUT2D eigenvalue weighted by Crippen LogP contribution is 2.41. The maximum atomic E-state index is 12.5. The van der Waals surface area contributed by atoms with Crippen LogP contribution in [-0.2, 0) is 6.18 Å². The van der Waals surface area contributed by atoms with Crippen molar-refractivity contribution in [3.63, 3.8) is 0 Å². The Hall–Kier alpha value is -1.23. The van der Waals surface area contributed by atoms with Gasteiger partial charge in [-0.15, -0.1) is 0 Å². The van der Waals surface area contributed by atoms with Gasteiger partial charge < -0.3 is 0 Å². The highest BCUT2D eigenvalue weighted by molar-refractivity contribution is 9.10. The maximum absolute atomic E-state index is 12.5. The van der Waals surface area contributed by atoms with Crippen molar-refractivity contribution in [2.24, 2.45) is 0 Å². The van der Waals surface area contributed by atoms with E-state index in [0.29, 0.717) is 6.20 Å². The normalized spacial score (nSPS) is 11.6. The number of hydrogen-bond acceptors (Lipinski definition) is 2. The van der Waals surface area contributed by atoms with Gasteiger partial charge in [0.2, 0.25) is 0 Å². The summed E-state index contributed by atoms with van der Waals surface area (Å²) in [6, 6.07) is 1.20. The van der Waals surface area contributed by atoms with Gasteiger partial charge in [0.25, 0.3) is 6.43 Å². The van der Waals surface area contributed by atoms with Gasteiger partial charge in [-0.1, -0.05) is 0 Å². The molecule has 2 nitrogen and oxygen atoms in total. The van der Waals surface area contributed by atoms with Crippen LogP contribution < -0.4 is 0 Å². The predicted octanol–water partition coefficient (Wildman–Crippen LogP) is 3.67. The number of hydrogen-bond donors (Lipinski definition) is 0. The molecule has 0 aliphatic carbocycles. The number of halogens is 6. The van der Waals surface area contributed by atoms with E-state index in [-0.39, 0.29) is 0 Å². The summed E-state index contributed by atoms with van der Waals surface area (Å²) < 4.78 is 61.8. The molecule has 0 amide bonds. The van der Waals surface area contributed by atoms with Crippen LogP contribution in [0.25, 0.3) is 0 Å². The minimum Gasteiger partial charge on any atom is -0.244 e. The molecule has 0 spiro atoms. The third-order valence-electron chi connectivity index (χ3n) is 1.68. The van der Waals surface area contributed by atoms with Gasteiger partial charge in [-0.2, -0.15) is 18.4 Å². The molecule has 0 saturated heterocycles. The summed E-state index contributed by atoms with van der Waals surface area (Å²) in [5.41, 5.74) is -3.89. The lowest BCUT2D eigenvalue weighted by Crippen LogP contribution is -2.13. The van der Waals surface area contributed by atoms with Crippen LogP contribution >= 0.6 is 15.9 Å². The summed E-state index contributed by atoms with van der Waals surface area (Å²) >= 11 is 2.49. The Morgan fingerprint density at radius 3 is 2.31 bits per heavy atom. The van der Waals surface area contributed by atoms with Crippen LogP contribution in [0, 0.1) is 11.3 Å². The second-order valence-corrected chi connectivity index (χ2v) is 3.51.